The van der Waals surface area contributed by atoms with Gasteiger partial charge in [-0.05, 0) is 83.5 Å². The number of hydrogen-bond donors (Lipinski definition) is 0. The molecular formula is C32H35N3O3S. The Morgan fingerprint density at radius 2 is 1.74 bits per heavy atom. The molecule has 202 valence electrons. The molecule has 0 radical (unpaired) electrons. The molecular weight excluding hydrogens is 506 g/mol. The quantitative estimate of drug-likeness (QED) is 0.152. The first-order chi connectivity index (χ1) is 18.8. The first-order valence-corrected chi connectivity index (χ1v) is 14.9. The summed E-state index contributed by atoms with van der Waals surface area (Å²) in [5.74, 6) is 0.803. The monoisotopic (exact) mass is 541 g/mol. The van der Waals surface area contributed by atoms with Gasteiger partial charge in [0.15, 0.2) is 0 Å². The summed E-state index contributed by atoms with van der Waals surface area (Å²) in [5, 5.41) is 11.2. The average molecular weight is 542 g/mol. The van der Waals surface area contributed by atoms with Crippen molar-refractivity contribution in [2.24, 2.45) is 5.92 Å². The zero-order valence-electron chi connectivity index (χ0n) is 22.7. The van der Waals surface area contributed by atoms with Gasteiger partial charge in [-0.3, -0.25) is 4.18 Å². The highest BCUT2D eigenvalue weighted by Crippen LogP contribution is 2.28. The van der Waals surface area contributed by atoms with Gasteiger partial charge in [-0.25, -0.2) is 10.1 Å². The van der Waals surface area contributed by atoms with E-state index in [4.69, 9.17) is 16.0 Å². The molecule has 0 saturated heterocycles. The third kappa shape index (κ3) is 7.26. The van der Waals surface area contributed by atoms with Crippen LogP contribution < -0.4 is 4.90 Å². The first-order valence-electron chi connectivity index (χ1n) is 13.5. The largest absolute Gasteiger partial charge is 0.372 e. The predicted molar refractivity (Wildman–Crippen MR) is 157 cm³/mol. The number of aryl methyl sites for hydroxylation is 1. The Morgan fingerprint density at radius 1 is 1.05 bits per heavy atom. The van der Waals surface area contributed by atoms with Gasteiger partial charge >= 0.3 is 0 Å². The Bertz CT molecular complexity index is 1510. The lowest BCUT2D eigenvalue weighted by Gasteiger charge is -2.21. The molecule has 39 heavy (non-hydrogen) atoms. The van der Waals surface area contributed by atoms with Crippen molar-refractivity contribution in [1.29, 1.82) is 5.26 Å². The smallest absolute Gasteiger partial charge is 0.297 e. The van der Waals surface area contributed by atoms with E-state index in [0.29, 0.717) is 12.1 Å². The van der Waals surface area contributed by atoms with Crippen molar-refractivity contribution in [3.05, 3.63) is 88.9 Å². The molecule has 1 aliphatic rings. The molecule has 0 aromatic heterocycles. The second-order valence-corrected chi connectivity index (χ2v) is 11.9. The Labute approximate surface area is 232 Å². The lowest BCUT2D eigenvalue weighted by molar-refractivity contribution is 0.325. The number of benzene rings is 3. The van der Waals surface area contributed by atoms with Crippen molar-refractivity contribution in [2.45, 2.75) is 56.8 Å². The molecule has 0 heterocycles. The normalized spacial score (nSPS) is 14.9. The van der Waals surface area contributed by atoms with Crippen LogP contribution in [-0.4, -0.2) is 28.6 Å². The average Bonchev–Trinajstić information content (AvgIpc) is 2.96. The van der Waals surface area contributed by atoms with E-state index in [-0.39, 0.29) is 17.2 Å². The van der Waals surface area contributed by atoms with Crippen LogP contribution in [0.4, 0.5) is 5.69 Å². The minimum absolute atomic E-state index is 0.0385. The third-order valence-corrected chi connectivity index (χ3v) is 9.04. The molecule has 4 rings (SSSR count). The molecule has 0 bridgehead atoms. The summed E-state index contributed by atoms with van der Waals surface area (Å²) in [6.07, 6.45) is 8.83. The zero-order chi connectivity index (χ0) is 27.8. The Hall–Kier alpha value is -3.65. The minimum atomic E-state index is -3.82. The third-order valence-electron chi connectivity index (χ3n) is 7.71. The van der Waals surface area contributed by atoms with Crippen molar-refractivity contribution in [3.63, 3.8) is 0 Å². The van der Waals surface area contributed by atoms with Gasteiger partial charge in [0.25, 0.3) is 15.8 Å². The first kappa shape index (κ1) is 28.4. The number of likely N-dealkylation sites (N-methyl/N-ethyl adjacent to an activating group) is 1. The number of fused-ring (bicyclic) bond motifs is 1. The summed E-state index contributed by atoms with van der Waals surface area (Å²) in [4.78, 5) is 5.44. The summed E-state index contributed by atoms with van der Waals surface area (Å²) in [6.45, 7) is 9.39. The van der Waals surface area contributed by atoms with E-state index in [1.807, 2.05) is 66.5 Å². The van der Waals surface area contributed by atoms with Gasteiger partial charge in [0.05, 0.1) is 24.1 Å². The van der Waals surface area contributed by atoms with E-state index in [0.717, 1.165) is 34.4 Å². The van der Waals surface area contributed by atoms with Crippen LogP contribution in [0.2, 0.25) is 0 Å². The van der Waals surface area contributed by atoms with E-state index in [9.17, 15) is 8.42 Å². The summed E-state index contributed by atoms with van der Waals surface area (Å²) in [6, 6.07) is 20.9. The molecule has 0 aliphatic heterocycles. The van der Waals surface area contributed by atoms with Crippen molar-refractivity contribution in [1.82, 2.24) is 0 Å². The lowest BCUT2D eigenvalue weighted by atomic mass is 9.85. The number of nitriles is 1. The van der Waals surface area contributed by atoms with Crippen LogP contribution >= 0.6 is 0 Å². The lowest BCUT2D eigenvalue weighted by Crippen LogP contribution is -2.24. The Balaban J connectivity index is 1.32. The molecule has 0 N–H and O–H groups in total. The van der Waals surface area contributed by atoms with E-state index in [1.165, 1.54) is 44.1 Å². The second kappa shape index (κ2) is 12.9. The fourth-order valence-electron chi connectivity index (χ4n) is 5.18. The Kier molecular flexibility index (Phi) is 9.41. The van der Waals surface area contributed by atoms with Gasteiger partial charge in [0.1, 0.15) is 0 Å². The molecule has 3 aromatic carbocycles. The molecule has 0 amide bonds. The second-order valence-electron chi connectivity index (χ2n) is 10.3. The summed E-state index contributed by atoms with van der Waals surface area (Å²) in [7, 11) is -1.93. The van der Waals surface area contributed by atoms with Gasteiger partial charge in [-0.2, -0.15) is 8.42 Å². The highest BCUT2D eigenvalue weighted by atomic mass is 32.2. The number of hydrogen-bond acceptors (Lipinski definition) is 5. The van der Waals surface area contributed by atoms with Gasteiger partial charge in [0, 0.05) is 19.3 Å². The topological polar surface area (TPSA) is 74.8 Å². The van der Waals surface area contributed by atoms with Crippen LogP contribution in [0.3, 0.4) is 0 Å². The van der Waals surface area contributed by atoms with Crippen LogP contribution in [0, 0.1) is 23.8 Å². The number of rotatable bonds is 10. The van der Waals surface area contributed by atoms with Crippen molar-refractivity contribution < 1.29 is 12.6 Å². The summed E-state index contributed by atoms with van der Waals surface area (Å²) in [5.41, 5.74) is 3.69. The maximum absolute atomic E-state index is 12.7. The molecule has 0 spiro atoms. The van der Waals surface area contributed by atoms with E-state index >= 15 is 0 Å². The van der Waals surface area contributed by atoms with Crippen LogP contribution in [0.1, 0.15) is 56.6 Å². The summed E-state index contributed by atoms with van der Waals surface area (Å²) < 4.78 is 30.8. The molecule has 3 aromatic rings. The molecule has 7 heteroatoms. The van der Waals surface area contributed by atoms with Crippen LogP contribution in [0.25, 0.3) is 21.2 Å². The van der Waals surface area contributed by atoms with E-state index in [1.54, 1.807) is 19.1 Å². The Morgan fingerprint density at radius 3 is 2.44 bits per heavy atom. The van der Waals surface area contributed by atoms with Crippen molar-refractivity contribution in [2.75, 3.05) is 25.1 Å². The SMILES string of the molecule is [C-]#[N+]/C(C#N)=C(/C)c1ccc2cc(N(C)CCOS(=O)(=O)c3ccc(CCC4CCCCC4)cc3)ccc2c1. The van der Waals surface area contributed by atoms with Gasteiger partial charge < -0.3 is 4.90 Å². The van der Waals surface area contributed by atoms with Gasteiger partial charge in [0.2, 0.25) is 0 Å². The van der Waals surface area contributed by atoms with Crippen LogP contribution in [0.5, 0.6) is 0 Å². The number of anilines is 1. The predicted octanol–water partition coefficient (Wildman–Crippen LogP) is 7.37. The molecule has 1 saturated carbocycles. The standard InChI is InChI=1S/C32H35N3O3S/c1-24(32(23-33)34-2)27-13-14-29-22-30(16-15-28(29)21-27)35(3)19-20-38-39(36,37)31-17-11-26(12-18-31)10-9-25-7-5-4-6-8-25/h11-18,21-22,25H,4-10,19-20H2,1,3H3/b32-24-. The van der Waals surface area contributed by atoms with Gasteiger partial charge in [-0.1, -0.05) is 62.4 Å². The molecule has 1 fully saturated rings. The maximum atomic E-state index is 12.7. The number of allylic oxidation sites excluding steroid dienone is 2. The van der Waals surface area contributed by atoms with Crippen molar-refractivity contribution >= 4 is 32.2 Å². The maximum Gasteiger partial charge on any atom is 0.297 e. The fourth-order valence-corrected chi connectivity index (χ4v) is 6.08. The van der Waals surface area contributed by atoms with Crippen molar-refractivity contribution in [3.8, 4) is 6.07 Å². The van der Waals surface area contributed by atoms with Gasteiger partial charge in [-0.15, -0.1) is 0 Å². The van der Waals surface area contributed by atoms with Crippen LogP contribution in [0.15, 0.2) is 71.3 Å². The van der Waals surface area contributed by atoms with Crippen LogP contribution in [-0.2, 0) is 20.7 Å². The molecule has 6 nitrogen and oxygen atoms in total. The molecule has 0 unspecified atom stereocenters. The molecule has 1 aliphatic carbocycles. The minimum Gasteiger partial charge on any atom is -0.372 e. The van der Waals surface area contributed by atoms with E-state index < -0.39 is 10.1 Å². The highest BCUT2D eigenvalue weighted by Gasteiger charge is 2.17. The summed E-state index contributed by atoms with van der Waals surface area (Å²) >= 11 is 0. The molecule has 0 atom stereocenters. The fraction of sp³-hybridized carbons (Fsp3) is 0.375. The highest BCUT2D eigenvalue weighted by molar-refractivity contribution is 7.86. The zero-order valence-corrected chi connectivity index (χ0v) is 23.5. The van der Waals surface area contributed by atoms with E-state index in [2.05, 4.69) is 4.85 Å². The number of nitrogens with zero attached hydrogens (tertiary/aromatic N) is 3.